The van der Waals surface area contributed by atoms with Crippen molar-refractivity contribution in [1.29, 1.82) is 0 Å². The number of allylic oxidation sites excluding steroid dienone is 1. The fourth-order valence-corrected chi connectivity index (χ4v) is 4.45. The van der Waals surface area contributed by atoms with Crippen LogP contribution in [-0.2, 0) is 0 Å². The maximum Gasteiger partial charge on any atom is 0.119 e. The van der Waals surface area contributed by atoms with E-state index in [1.807, 2.05) is 18.2 Å². The van der Waals surface area contributed by atoms with Crippen LogP contribution in [0.3, 0.4) is 0 Å². The SMILES string of the molecule is Cc1ccc([C@H]2C(O)=C(c3ccccc3)Sc3ccc(C)cc32)cc1. The Morgan fingerprint density at radius 3 is 2.20 bits per heavy atom. The zero-order valence-electron chi connectivity index (χ0n) is 14.4. The van der Waals surface area contributed by atoms with Gasteiger partial charge in [-0.2, -0.15) is 0 Å². The van der Waals surface area contributed by atoms with Crippen LogP contribution in [0.15, 0.2) is 83.5 Å². The fraction of sp³-hybridized carbons (Fsp3) is 0.130. The molecule has 0 saturated heterocycles. The maximum absolute atomic E-state index is 11.2. The number of hydrogen-bond acceptors (Lipinski definition) is 2. The van der Waals surface area contributed by atoms with Gasteiger partial charge in [0.05, 0.1) is 10.8 Å². The van der Waals surface area contributed by atoms with Crippen molar-refractivity contribution >= 4 is 16.7 Å². The summed E-state index contributed by atoms with van der Waals surface area (Å²) in [6.07, 6.45) is 0. The van der Waals surface area contributed by atoms with E-state index >= 15 is 0 Å². The molecule has 1 nitrogen and oxygen atoms in total. The first-order chi connectivity index (χ1) is 12.1. The van der Waals surface area contributed by atoms with Crippen LogP contribution in [0.25, 0.3) is 4.91 Å². The molecule has 0 spiro atoms. The van der Waals surface area contributed by atoms with E-state index in [0.29, 0.717) is 5.76 Å². The van der Waals surface area contributed by atoms with Gasteiger partial charge in [-0.05, 0) is 36.6 Å². The first-order valence-electron chi connectivity index (χ1n) is 8.47. The summed E-state index contributed by atoms with van der Waals surface area (Å²) in [5.41, 5.74) is 5.82. The minimum atomic E-state index is -0.119. The smallest absolute Gasteiger partial charge is 0.119 e. The number of aliphatic hydroxyl groups excluding tert-OH is 1. The molecular weight excluding hydrogens is 324 g/mol. The first-order valence-corrected chi connectivity index (χ1v) is 9.28. The lowest BCUT2D eigenvalue weighted by Gasteiger charge is -2.28. The summed E-state index contributed by atoms with van der Waals surface area (Å²) in [4.78, 5) is 2.16. The minimum absolute atomic E-state index is 0.119. The molecule has 1 atom stereocenters. The topological polar surface area (TPSA) is 20.2 Å². The van der Waals surface area contributed by atoms with Gasteiger partial charge in [0.1, 0.15) is 5.76 Å². The Hall–Kier alpha value is -2.45. The van der Waals surface area contributed by atoms with Crippen LogP contribution in [0.1, 0.15) is 33.7 Å². The lowest BCUT2D eigenvalue weighted by Crippen LogP contribution is -2.11. The van der Waals surface area contributed by atoms with Crippen molar-refractivity contribution in [1.82, 2.24) is 0 Å². The second-order valence-electron chi connectivity index (χ2n) is 6.57. The van der Waals surface area contributed by atoms with E-state index in [1.165, 1.54) is 21.6 Å². The molecule has 25 heavy (non-hydrogen) atoms. The van der Waals surface area contributed by atoms with Gasteiger partial charge in [-0.1, -0.05) is 89.6 Å². The van der Waals surface area contributed by atoms with Gasteiger partial charge in [0.15, 0.2) is 0 Å². The second-order valence-corrected chi connectivity index (χ2v) is 7.62. The Kier molecular flexibility index (Phi) is 4.14. The van der Waals surface area contributed by atoms with E-state index in [2.05, 4.69) is 68.4 Å². The Bertz CT molecular complexity index is 940. The molecule has 0 bridgehead atoms. The average Bonchev–Trinajstić information content (AvgIpc) is 2.63. The van der Waals surface area contributed by atoms with E-state index in [9.17, 15) is 5.11 Å². The summed E-state index contributed by atoms with van der Waals surface area (Å²) >= 11 is 1.66. The van der Waals surface area contributed by atoms with Crippen LogP contribution in [0.4, 0.5) is 0 Å². The van der Waals surface area contributed by atoms with Gasteiger partial charge in [-0.15, -0.1) is 0 Å². The van der Waals surface area contributed by atoms with E-state index in [4.69, 9.17) is 0 Å². The highest BCUT2D eigenvalue weighted by Crippen LogP contribution is 2.50. The zero-order chi connectivity index (χ0) is 17.4. The molecule has 3 aromatic carbocycles. The predicted molar refractivity (Wildman–Crippen MR) is 106 cm³/mol. The largest absolute Gasteiger partial charge is 0.510 e. The zero-order valence-corrected chi connectivity index (χ0v) is 15.2. The van der Waals surface area contributed by atoms with Crippen LogP contribution in [-0.4, -0.2) is 5.11 Å². The number of aryl methyl sites for hydroxylation is 2. The first kappa shape index (κ1) is 16.0. The van der Waals surface area contributed by atoms with E-state index in [1.54, 1.807) is 11.8 Å². The molecule has 4 rings (SSSR count). The molecule has 124 valence electrons. The van der Waals surface area contributed by atoms with Gasteiger partial charge in [-0.25, -0.2) is 0 Å². The molecule has 0 radical (unpaired) electrons. The molecule has 0 fully saturated rings. The summed E-state index contributed by atoms with van der Waals surface area (Å²) in [7, 11) is 0. The fourth-order valence-electron chi connectivity index (χ4n) is 3.32. The van der Waals surface area contributed by atoms with Crippen LogP contribution in [0, 0.1) is 13.8 Å². The molecule has 3 aromatic rings. The maximum atomic E-state index is 11.2. The van der Waals surface area contributed by atoms with E-state index in [-0.39, 0.29) is 5.92 Å². The molecule has 0 saturated carbocycles. The lowest BCUT2D eigenvalue weighted by molar-refractivity contribution is 0.384. The van der Waals surface area contributed by atoms with Gasteiger partial charge < -0.3 is 5.11 Å². The third kappa shape index (κ3) is 2.98. The van der Waals surface area contributed by atoms with Crippen molar-refractivity contribution in [3.63, 3.8) is 0 Å². The van der Waals surface area contributed by atoms with Crippen molar-refractivity contribution in [2.75, 3.05) is 0 Å². The molecule has 1 aliphatic rings. The summed E-state index contributed by atoms with van der Waals surface area (Å²) in [5.74, 6) is 0.324. The summed E-state index contributed by atoms with van der Waals surface area (Å²) in [6, 6.07) is 25.1. The summed E-state index contributed by atoms with van der Waals surface area (Å²) in [6.45, 7) is 4.19. The van der Waals surface area contributed by atoms with Crippen molar-refractivity contribution in [2.24, 2.45) is 0 Å². The number of fused-ring (bicyclic) bond motifs is 1. The highest BCUT2D eigenvalue weighted by molar-refractivity contribution is 8.08. The van der Waals surface area contributed by atoms with Gasteiger partial charge in [-0.3, -0.25) is 0 Å². The molecule has 0 aliphatic carbocycles. The van der Waals surface area contributed by atoms with Gasteiger partial charge in [0, 0.05) is 4.90 Å². The van der Waals surface area contributed by atoms with Crippen molar-refractivity contribution < 1.29 is 5.11 Å². The molecular formula is C23H20OS. The molecule has 1 heterocycles. The van der Waals surface area contributed by atoms with E-state index in [0.717, 1.165) is 16.0 Å². The minimum Gasteiger partial charge on any atom is -0.510 e. The molecule has 0 unspecified atom stereocenters. The highest BCUT2D eigenvalue weighted by atomic mass is 32.2. The number of aliphatic hydroxyl groups is 1. The number of hydrogen-bond donors (Lipinski definition) is 1. The van der Waals surface area contributed by atoms with E-state index < -0.39 is 0 Å². The lowest BCUT2D eigenvalue weighted by atomic mass is 9.87. The highest BCUT2D eigenvalue weighted by Gasteiger charge is 2.30. The van der Waals surface area contributed by atoms with Gasteiger partial charge in [0.25, 0.3) is 0 Å². The normalized spacial score (nSPS) is 16.6. The molecule has 1 N–H and O–H groups in total. The van der Waals surface area contributed by atoms with Crippen molar-refractivity contribution in [3.8, 4) is 0 Å². The predicted octanol–water partition coefficient (Wildman–Crippen LogP) is 6.47. The molecule has 0 aromatic heterocycles. The van der Waals surface area contributed by atoms with Gasteiger partial charge >= 0.3 is 0 Å². The van der Waals surface area contributed by atoms with Crippen LogP contribution >= 0.6 is 11.8 Å². The molecule has 2 heteroatoms. The molecule has 0 amide bonds. The Labute approximate surface area is 153 Å². The second kappa shape index (κ2) is 6.45. The van der Waals surface area contributed by atoms with Crippen molar-refractivity contribution in [3.05, 3.63) is 106 Å². The Balaban J connectivity index is 1.92. The standard InChI is InChI=1S/C23H20OS/c1-15-8-11-17(12-9-15)21-19-14-16(2)10-13-20(19)25-23(22(21)24)18-6-4-3-5-7-18/h3-14,21,24H,1-2H3/t21-/m1/s1. The van der Waals surface area contributed by atoms with Crippen LogP contribution in [0.5, 0.6) is 0 Å². The number of rotatable bonds is 2. The quantitative estimate of drug-likeness (QED) is 0.575. The Morgan fingerprint density at radius 1 is 0.800 bits per heavy atom. The van der Waals surface area contributed by atoms with Crippen LogP contribution < -0.4 is 0 Å². The number of thioether (sulfide) groups is 1. The third-order valence-corrected chi connectivity index (χ3v) is 5.88. The van der Waals surface area contributed by atoms with Crippen molar-refractivity contribution in [2.45, 2.75) is 24.7 Å². The summed E-state index contributed by atoms with van der Waals surface area (Å²) < 4.78 is 0. The molecule has 1 aliphatic heterocycles. The Morgan fingerprint density at radius 2 is 1.48 bits per heavy atom. The third-order valence-electron chi connectivity index (χ3n) is 4.64. The monoisotopic (exact) mass is 344 g/mol. The van der Waals surface area contributed by atoms with Crippen LogP contribution in [0.2, 0.25) is 0 Å². The summed E-state index contributed by atoms with van der Waals surface area (Å²) in [5, 5.41) is 11.2. The van der Waals surface area contributed by atoms with Gasteiger partial charge in [0.2, 0.25) is 0 Å². The average molecular weight is 344 g/mol. The number of benzene rings is 3.